The summed E-state index contributed by atoms with van der Waals surface area (Å²) in [5.74, 6) is -0.0290. The van der Waals surface area contributed by atoms with Crippen molar-refractivity contribution in [2.75, 3.05) is 26.7 Å². The number of carbonyl (C=O) groups excluding carboxylic acids is 2. The predicted octanol–water partition coefficient (Wildman–Crippen LogP) is -0.190. The van der Waals surface area contributed by atoms with E-state index in [4.69, 9.17) is 0 Å². The van der Waals surface area contributed by atoms with Gasteiger partial charge in [-0.3, -0.25) is 9.59 Å². The number of rotatable bonds is 0. The van der Waals surface area contributed by atoms with Gasteiger partial charge < -0.3 is 9.80 Å². The topological polar surface area (TPSA) is 40.6 Å². The van der Waals surface area contributed by atoms with Crippen LogP contribution < -0.4 is 0 Å². The number of nitrogens with zero attached hydrogens (tertiary/aromatic N) is 2. The number of likely N-dealkylation sites (N-methyl/N-ethyl adjacent to an activating group) is 1. The minimum atomic E-state index is -0.327. The van der Waals surface area contributed by atoms with Crippen LogP contribution in [0.5, 0.6) is 0 Å². The molecule has 0 saturated carbocycles. The van der Waals surface area contributed by atoms with Gasteiger partial charge in [0.15, 0.2) is 0 Å². The molecule has 11 heavy (non-hydrogen) atoms. The molecule has 0 radical (unpaired) electrons. The first-order chi connectivity index (χ1) is 5.11. The normalized spacial score (nSPS) is 18.9. The fraction of sp³-hybridized carbons (Fsp3) is 0.667. The maximum absolute atomic E-state index is 11.0. The highest BCUT2D eigenvalue weighted by atomic mass is 32.1. The van der Waals surface area contributed by atoms with Gasteiger partial charge in [-0.2, -0.15) is 0 Å². The van der Waals surface area contributed by atoms with Gasteiger partial charge in [-0.25, -0.2) is 0 Å². The van der Waals surface area contributed by atoms with Crippen LogP contribution in [-0.2, 0) is 4.79 Å². The molecule has 0 atom stereocenters. The first kappa shape index (κ1) is 8.39. The Hall–Kier alpha value is -0.710. The molecule has 0 bridgehead atoms. The second-order valence-corrected chi connectivity index (χ2v) is 2.90. The Morgan fingerprint density at radius 3 is 2.64 bits per heavy atom. The summed E-state index contributed by atoms with van der Waals surface area (Å²) >= 11 is 3.63. The molecule has 4 nitrogen and oxygen atoms in total. The maximum atomic E-state index is 11.0. The van der Waals surface area contributed by atoms with E-state index in [2.05, 4.69) is 12.6 Å². The Balaban J connectivity index is 2.53. The van der Waals surface area contributed by atoms with E-state index in [0.717, 1.165) is 0 Å². The van der Waals surface area contributed by atoms with E-state index in [1.807, 2.05) is 0 Å². The van der Waals surface area contributed by atoms with E-state index in [9.17, 15) is 9.59 Å². The fourth-order valence-corrected chi connectivity index (χ4v) is 1.09. The van der Waals surface area contributed by atoms with Crippen molar-refractivity contribution < 1.29 is 9.59 Å². The molecule has 2 amide bonds. The van der Waals surface area contributed by atoms with Crippen LogP contribution in [0, 0.1) is 0 Å². The molecule has 0 aromatic carbocycles. The number of carbonyl (C=O) groups is 2. The van der Waals surface area contributed by atoms with Gasteiger partial charge in [0, 0.05) is 20.1 Å². The van der Waals surface area contributed by atoms with Crippen molar-refractivity contribution in [3.8, 4) is 0 Å². The Morgan fingerprint density at radius 1 is 1.55 bits per heavy atom. The lowest BCUT2D eigenvalue weighted by Crippen LogP contribution is -2.49. The molecule has 5 heteroatoms. The number of hydrogen-bond acceptors (Lipinski definition) is 2. The van der Waals surface area contributed by atoms with E-state index >= 15 is 0 Å². The molecule has 1 fully saturated rings. The molecular formula is C6H10N2O2S. The van der Waals surface area contributed by atoms with Crippen molar-refractivity contribution >= 4 is 23.8 Å². The van der Waals surface area contributed by atoms with Crippen molar-refractivity contribution in [3.05, 3.63) is 0 Å². The fourth-order valence-electron chi connectivity index (χ4n) is 0.922. The van der Waals surface area contributed by atoms with Crippen LogP contribution in [0.4, 0.5) is 4.79 Å². The maximum Gasteiger partial charge on any atom is 0.279 e. The molecule has 1 aliphatic heterocycles. The summed E-state index contributed by atoms with van der Waals surface area (Å²) in [6.07, 6.45) is 0. The molecule has 0 aromatic heterocycles. The molecule has 0 aromatic rings. The first-order valence-electron chi connectivity index (χ1n) is 3.33. The van der Waals surface area contributed by atoms with Crippen LogP contribution in [0.25, 0.3) is 0 Å². The minimum Gasteiger partial charge on any atom is -0.342 e. The third kappa shape index (κ3) is 1.86. The molecule has 1 aliphatic rings. The smallest absolute Gasteiger partial charge is 0.279 e. The van der Waals surface area contributed by atoms with E-state index < -0.39 is 0 Å². The molecule has 0 aliphatic carbocycles. The summed E-state index contributed by atoms with van der Waals surface area (Å²) in [4.78, 5) is 24.7. The van der Waals surface area contributed by atoms with E-state index in [1.165, 1.54) is 4.90 Å². The third-order valence-electron chi connectivity index (χ3n) is 1.73. The SMILES string of the molecule is CN1CCN(C(=O)S)CC1=O. The van der Waals surface area contributed by atoms with Crippen molar-refractivity contribution in [1.29, 1.82) is 0 Å². The van der Waals surface area contributed by atoms with Gasteiger partial charge in [0.25, 0.3) is 5.24 Å². The van der Waals surface area contributed by atoms with Gasteiger partial charge in [-0.1, -0.05) is 12.6 Å². The van der Waals surface area contributed by atoms with Crippen molar-refractivity contribution in [2.24, 2.45) is 0 Å². The Bertz CT molecular complexity index is 195. The highest BCUT2D eigenvalue weighted by molar-refractivity contribution is 7.96. The van der Waals surface area contributed by atoms with Gasteiger partial charge in [0.1, 0.15) is 6.54 Å². The quantitative estimate of drug-likeness (QED) is 0.517. The van der Waals surface area contributed by atoms with Crippen molar-refractivity contribution in [2.45, 2.75) is 0 Å². The highest BCUT2D eigenvalue weighted by Crippen LogP contribution is 2.03. The number of hydrogen-bond donors (Lipinski definition) is 1. The summed E-state index contributed by atoms with van der Waals surface area (Å²) in [5, 5.41) is -0.327. The second kappa shape index (κ2) is 3.13. The minimum absolute atomic E-state index is 0.0290. The van der Waals surface area contributed by atoms with Gasteiger partial charge in [-0.05, 0) is 0 Å². The van der Waals surface area contributed by atoms with Crippen LogP contribution in [0.1, 0.15) is 0 Å². The van der Waals surface area contributed by atoms with Gasteiger partial charge in [0.2, 0.25) is 5.91 Å². The molecule has 1 heterocycles. The van der Waals surface area contributed by atoms with E-state index in [1.54, 1.807) is 11.9 Å². The summed E-state index contributed by atoms with van der Waals surface area (Å²) in [5.41, 5.74) is 0. The first-order valence-corrected chi connectivity index (χ1v) is 3.78. The molecule has 1 saturated heterocycles. The molecule has 0 unspecified atom stereocenters. The van der Waals surface area contributed by atoms with E-state index in [-0.39, 0.29) is 17.7 Å². The molecule has 1 rings (SSSR count). The van der Waals surface area contributed by atoms with Crippen LogP contribution in [0.15, 0.2) is 0 Å². The zero-order chi connectivity index (χ0) is 8.43. The van der Waals surface area contributed by atoms with Gasteiger partial charge in [-0.15, -0.1) is 0 Å². The Labute approximate surface area is 70.6 Å². The second-order valence-electron chi connectivity index (χ2n) is 2.52. The number of piperazine rings is 1. The summed E-state index contributed by atoms with van der Waals surface area (Å²) < 4.78 is 0. The molecule has 0 N–H and O–H groups in total. The predicted molar refractivity (Wildman–Crippen MR) is 43.6 cm³/mol. The van der Waals surface area contributed by atoms with E-state index in [0.29, 0.717) is 13.1 Å². The molecular weight excluding hydrogens is 164 g/mol. The van der Waals surface area contributed by atoms with Crippen molar-refractivity contribution in [1.82, 2.24) is 9.80 Å². The average molecular weight is 174 g/mol. The number of thiol groups is 1. The lowest BCUT2D eigenvalue weighted by atomic mass is 10.3. The summed E-state index contributed by atoms with van der Waals surface area (Å²) in [6.45, 7) is 1.36. The van der Waals surface area contributed by atoms with Gasteiger partial charge in [0.05, 0.1) is 0 Å². The third-order valence-corrected chi connectivity index (χ3v) is 2.01. The Kier molecular flexibility index (Phi) is 2.38. The number of amides is 2. The van der Waals surface area contributed by atoms with Gasteiger partial charge >= 0.3 is 0 Å². The lowest BCUT2D eigenvalue weighted by molar-refractivity contribution is -0.133. The molecule has 62 valence electrons. The summed E-state index contributed by atoms with van der Waals surface area (Å²) in [7, 11) is 1.72. The van der Waals surface area contributed by atoms with Crippen LogP contribution >= 0.6 is 12.6 Å². The average Bonchev–Trinajstić information content (AvgIpc) is 1.94. The molecule has 0 spiro atoms. The highest BCUT2D eigenvalue weighted by Gasteiger charge is 2.22. The van der Waals surface area contributed by atoms with Crippen LogP contribution in [-0.4, -0.2) is 47.6 Å². The monoisotopic (exact) mass is 174 g/mol. The zero-order valence-corrected chi connectivity index (χ0v) is 7.17. The van der Waals surface area contributed by atoms with Crippen molar-refractivity contribution in [3.63, 3.8) is 0 Å². The summed E-state index contributed by atoms with van der Waals surface area (Å²) in [6, 6.07) is 0. The van der Waals surface area contributed by atoms with Crippen LogP contribution in [0.3, 0.4) is 0 Å². The Morgan fingerprint density at radius 2 is 2.18 bits per heavy atom. The largest absolute Gasteiger partial charge is 0.342 e. The van der Waals surface area contributed by atoms with Crippen LogP contribution in [0.2, 0.25) is 0 Å². The lowest BCUT2D eigenvalue weighted by Gasteiger charge is -2.30. The zero-order valence-electron chi connectivity index (χ0n) is 6.28. The standard InChI is InChI=1S/C6H10N2O2S/c1-7-2-3-8(6(10)11)4-5(7)9/h2-4H2,1H3,(H,10,11).